The molecule has 2 aromatic heterocycles. The normalized spacial score (nSPS) is 10.9. The molecule has 0 bridgehead atoms. The maximum atomic E-state index is 11.4. The predicted octanol–water partition coefficient (Wildman–Crippen LogP) is 1.12. The van der Waals surface area contributed by atoms with Gasteiger partial charge in [0.2, 0.25) is 5.91 Å². The van der Waals surface area contributed by atoms with Crippen molar-refractivity contribution in [3.8, 4) is 0 Å². The summed E-state index contributed by atoms with van der Waals surface area (Å²) in [5.74, 6) is 0.0307. The van der Waals surface area contributed by atoms with E-state index in [1.807, 2.05) is 25.4 Å². The van der Waals surface area contributed by atoms with Crippen LogP contribution in [0.25, 0.3) is 5.65 Å². The molecule has 1 amide bonds. The number of hydrogen-bond donors (Lipinski definition) is 1. The smallest absolute Gasteiger partial charge is 0.222 e. The molecule has 2 heterocycles. The maximum absolute atomic E-state index is 11.4. The van der Waals surface area contributed by atoms with Gasteiger partial charge in [0.25, 0.3) is 0 Å². The molecule has 0 saturated carbocycles. The second-order valence-electron chi connectivity index (χ2n) is 4.75. The van der Waals surface area contributed by atoms with E-state index in [4.69, 9.17) is 4.74 Å². The van der Waals surface area contributed by atoms with E-state index in [2.05, 4.69) is 15.4 Å². The predicted molar refractivity (Wildman–Crippen MR) is 75.5 cm³/mol. The minimum atomic E-state index is 0.0307. The number of nitrogens with one attached hydrogen (secondary N) is 1. The fourth-order valence-electron chi connectivity index (χ4n) is 1.97. The van der Waals surface area contributed by atoms with Gasteiger partial charge in [-0.1, -0.05) is 0 Å². The van der Waals surface area contributed by atoms with Crippen molar-refractivity contribution in [1.82, 2.24) is 19.9 Å². The van der Waals surface area contributed by atoms with Gasteiger partial charge >= 0.3 is 0 Å². The van der Waals surface area contributed by atoms with Gasteiger partial charge in [0.05, 0.1) is 12.3 Å². The van der Waals surface area contributed by atoms with Gasteiger partial charge in [0.15, 0.2) is 5.65 Å². The molecule has 1 N–H and O–H groups in total. The fourth-order valence-corrected chi connectivity index (χ4v) is 1.97. The summed E-state index contributed by atoms with van der Waals surface area (Å²) in [5, 5.41) is 7.20. The number of carbonyl (C=O) groups is 1. The molecule has 2 rings (SSSR count). The number of amides is 1. The quantitative estimate of drug-likeness (QED) is 0.770. The van der Waals surface area contributed by atoms with Crippen LogP contribution >= 0.6 is 0 Å². The molecule has 2 aromatic rings. The fraction of sp³-hybridized carbons (Fsp3) is 0.500. The van der Waals surface area contributed by atoms with Crippen LogP contribution in [0.1, 0.15) is 24.1 Å². The zero-order chi connectivity index (χ0) is 14.4. The highest BCUT2D eigenvalue weighted by molar-refractivity contribution is 5.75. The maximum Gasteiger partial charge on any atom is 0.222 e. The van der Waals surface area contributed by atoms with E-state index < -0.39 is 0 Å². The lowest BCUT2D eigenvalue weighted by Gasteiger charge is -2.05. The zero-order valence-corrected chi connectivity index (χ0v) is 11.9. The van der Waals surface area contributed by atoms with E-state index in [0.29, 0.717) is 19.6 Å². The van der Waals surface area contributed by atoms with Crippen LogP contribution in [0.2, 0.25) is 0 Å². The van der Waals surface area contributed by atoms with E-state index >= 15 is 0 Å². The number of fused-ring (bicyclic) bond motifs is 1. The van der Waals surface area contributed by atoms with Crippen LogP contribution in [0, 0.1) is 6.92 Å². The van der Waals surface area contributed by atoms with Crippen LogP contribution in [0.3, 0.4) is 0 Å². The van der Waals surface area contributed by atoms with E-state index in [-0.39, 0.29) is 5.91 Å². The van der Waals surface area contributed by atoms with Gasteiger partial charge in [-0.2, -0.15) is 5.10 Å². The Morgan fingerprint density at radius 2 is 2.35 bits per heavy atom. The zero-order valence-electron chi connectivity index (χ0n) is 11.9. The SMILES string of the molecule is COCCC(=O)NCCCc1cnc2cc(C)nn2c1. The van der Waals surface area contributed by atoms with Crippen LogP contribution < -0.4 is 5.32 Å². The van der Waals surface area contributed by atoms with Crippen molar-refractivity contribution in [2.24, 2.45) is 0 Å². The molecule has 0 fully saturated rings. The minimum Gasteiger partial charge on any atom is -0.384 e. The summed E-state index contributed by atoms with van der Waals surface area (Å²) in [6.45, 7) is 3.08. The largest absolute Gasteiger partial charge is 0.384 e. The van der Waals surface area contributed by atoms with E-state index in [0.717, 1.165) is 29.7 Å². The number of ether oxygens (including phenoxy) is 1. The molecule has 6 nitrogen and oxygen atoms in total. The molecule has 108 valence electrons. The van der Waals surface area contributed by atoms with Crippen molar-refractivity contribution in [3.63, 3.8) is 0 Å². The summed E-state index contributed by atoms with van der Waals surface area (Å²) >= 11 is 0. The summed E-state index contributed by atoms with van der Waals surface area (Å²) in [6, 6.07) is 1.94. The summed E-state index contributed by atoms with van der Waals surface area (Å²) in [4.78, 5) is 15.7. The molecular weight excluding hydrogens is 256 g/mol. The van der Waals surface area contributed by atoms with E-state index in [1.165, 1.54) is 0 Å². The standard InChI is InChI=1S/C14H20N4O2/c1-11-8-13-16-9-12(10-18(13)17-11)4-3-6-15-14(19)5-7-20-2/h8-10H,3-7H2,1-2H3,(H,15,19). The number of methoxy groups -OCH3 is 1. The molecule has 0 aliphatic carbocycles. The molecule has 0 unspecified atom stereocenters. The molecular formula is C14H20N4O2. The van der Waals surface area contributed by atoms with Crippen LogP contribution in [0.4, 0.5) is 0 Å². The molecule has 6 heteroatoms. The van der Waals surface area contributed by atoms with Crippen molar-refractivity contribution in [2.45, 2.75) is 26.2 Å². The number of rotatable bonds is 7. The van der Waals surface area contributed by atoms with Gasteiger partial charge in [0.1, 0.15) is 0 Å². The summed E-state index contributed by atoms with van der Waals surface area (Å²) in [5.41, 5.74) is 2.94. The molecule has 20 heavy (non-hydrogen) atoms. The Bertz CT molecular complexity index is 580. The van der Waals surface area contributed by atoms with Crippen molar-refractivity contribution in [3.05, 3.63) is 29.7 Å². The van der Waals surface area contributed by atoms with Gasteiger partial charge < -0.3 is 10.1 Å². The monoisotopic (exact) mass is 276 g/mol. The lowest BCUT2D eigenvalue weighted by molar-refractivity contribution is -0.121. The second-order valence-corrected chi connectivity index (χ2v) is 4.75. The third-order valence-electron chi connectivity index (χ3n) is 2.99. The minimum absolute atomic E-state index is 0.0307. The first-order valence-electron chi connectivity index (χ1n) is 6.75. The third-order valence-corrected chi connectivity index (χ3v) is 2.99. The van der Waals surface area contributed by atoms with Crippen LogP contribution in [-0.2, 0) is 16.0 Å². The van der Waals surface area contributed by atoms with Gasteiger partial charge in [-0.15, -0.1) is 0 Å². The number of aromatic nitrogens is 3. The Morgan fingerprint density at radius 3 is 3.15 bits per heavy atom. The first-order chi connectivity index (χ1) is 9.69. The topological polar surface area (TPSA) is 68.5 Å². The number of nitrogens with zero attached hydrogens (tertiary/aromatic N) is 3. The van der Waals surface area contributed by atoms with E-state index in [9.17, 15) is 4.79 Å². The Morgan fingerprint density at radius 1 is 1.50 bits per heavy atom. The van der Waals surface area contributed by atoms with Crippen LogP contribution in [0.5, 0.6) is 0 Å². The summed E-state index contributed by atoms with van der Waals surface area (Å²) in [6.07, 6.45) is 6.01. The van der Waals surface area contributed by atoms with Crippen LogP contribution in [0.15, 0.2) is 18.5 Å². The highest BCUT2D eigenvalue weighted by Crippen LogP contribution is 2.06. The Kier molecular flexibility index (Phi) is 5.06. The molecule has 0 aliphatic heterocycles. The van der Waals surface area contributed by atoms with Gasteiger partial charge in [-0.3, -0.25) is 4.79 Å². The number of hydrogen-bond acceptors (Lipinski definition) is 4. The van der Waals surface area contributed by atoms with Crippen LogP contribution in [-0.4, -0.2) is 40.8 Å². The lowest BCUT2D eigenvalue weighted by atomic mass is 10.2. The summed E-state index contributed by atoms with van der Waals surface area (Å²) in [7, 11) is 1.59. The summed E-state index contributed by atoms with van der Waals surface area (Å²) < 4.78 is 6.65. The van der Waals surface area contributed by atoms with Gasteiger partial charge in [-0.05, 0) is 25.3 Å². The highest BCUT2D eigenvalue weighted by Gasteiger charge is 2.02. The molecule has 0 atom stereocenters. The van der Waals surface area contributed by atoms with Crippen molar-refractivity contribution < 1.29 is 9.53 Å². The first kappa shape index (κ1) is 14.5. The number of carbonyl (C=O) groups excluding carboxylic acids is 1. The van der Waals surface area contributed by atoms with Crippen molar-refractivity contribution in [1.29, 1.82) is 0 Å². The molecule has 0 saturated heterocycles. The van der Waals surface area contributed by atoms with Crippen molar-refractivity contribution >= 4 is 11.6 Å². The van der Waals surface area contributed by atoms with Crippen molar-refractivity contribution in [2.75, 3.05) is 20.3 Å². The molecule has 0 radical (unpaired) electrons. The number of aryl methyl sites for hydroxylation is 2. The first-order valence-corrected chi connectivity index (χ1v) is 6.75. The molecule has 0 spiro atoms. The average Bonchev–Trinajstić information content (AvgIpc) is 2.80. The van der Waals surface area contributed by atoms with E-state index in [1.54, 1.807) is 11.6 Å². The highest BCUT2D eigenvalue weighted by atomic mass is 16.5. The van der Waals surface area contributed by atoms with Gasteiger partial charge in [-0.25, -0.2) is 9.50 Å². The Labute approximate surface area is 118 Å². The lowest BCUT2D eigenvalue weighted by Crippen LogP contribution is -2.25. The molecule has 0 aliphatic rings. The molecule has 0 aromatic carbocycles. The Hall–Kier alpha value is -1.95. The third kappa shape index (κ3) is 4.03. The average molecular weight is 276 g/mol. The second kappa shape index (κ2) is 7.00. The Balaban J connectivity index is 1.76. The van der Waals surface area contributed by atoms with Gasteiger partial charge in [0, 0.05) is 38.5 Å².